The van der Waals surface area contributed by atoms with Crippen LogP contribution in [-0.2, 0) is 38.5 Å². The number of H-pyrrole nitrogens is 1. The molecular formula is C30H31N7O4. The summed E-state index contributed by atoms with van der Waals surface area (Å²) in [7, 11) is 0. The Bertz CT molecular complexity index is 1590. The Labute approximate surface area is 236 Å². The van der Waals surface area contributed by atoms with Crippen molar-refractivity contribution in [3.05, 3.63) is 71.3 Å². The molecule has 41 heavy (non-hydrogen) atoms. The monoisotopic (exact) mass is 553 g/mol. The first-order valence-electron chi connectivity index (χ1n) is 14.0. The van der Waals surface area contributed by atoms with Gasteiger partial charge in [-0.25, -0.2) is 4.98 Å². The van der Waals surface area contributed by atoms with Gasteiger partial charge in [-0.15, -0.1) is 10.2 Å². The van der Waals surface area contributed by atoms with Crippen LogP contribution in [0.4, 0.5) is 0 Å². The molecule has 210 valence electrons. The van der Waals surface area contributed by atoms with Crippen LogP contribution >= 0.6 is 0 Å². The van der Waals surface area contributed by atoms with E-state index in [-0.39, 0.29) is 6.61 Å². The molecule has 0 aliphatic carbocycles. The Hall–Kier alpha value is -4.67. The number of fused-ring (bicyclic) bond motifs is 3. The van der Waals surface area contributed by atoms with Gasteiger partial charge in [-0.2, -0.15) is 5.21 Å². The molecule has 2 aromatic heterocycles. The average Bonchev–Trinajstić information content (AvgIpc) is 3.70. The molecule has 11 nitrogen and oxygen atoms in total. The fourth-order valence-corrected chi connectivity index (χ4v) is 5.85. The molecule has 1 amide bonds. The number of benzene rings is 2. The lowest BCUT2D eigenvalue weighted by molar-refractivity contribution is -0.154. The summed E-state index contributed by atoms with van der Waals surface area (Å²) in [5, 5.41) is 14.5. The van der Waals surface area contributed by atoms with E-state index in [0.29, 0.717) is 25.3 Å². The van der Waals surface area contributed by atoms with Gasteiger partial charge in [-0.1, -0.05) is 61.9 Å². The second kappa shape index (κ2) is 11.1. The van der Waals surface area contributed by atoms with Gasteiger partial charge in [0.15, 0.2) is 11.7 Å². The van der Waals surface area contributed by atoms with E-state index in [1.165, 1.54) is 4.90 Å². The Morgan fingerprint density at radius 1 is 1.07 bits per heavy atom. The Kier molecular flexibility index (Phi) is 7.17. The number of nitrogens with one attached hydrogen (secondary N) is 1. The van der Waals surface area contributed by atoms with Crippen molar-refractivity contribution in [2.75, 3.05) is 13.2 Å². The number of ketones is 1. The number of aromatic nitrogens is 6. The fraction of sp³-hybridized carbons (Fsp3) is 0.367. The lowest BCUT2D eigenvalue weighted by atomic mass is 9.97. The number of esters is 1. The van der Waals surface area contributed by atoms with Crippen LogP contribution in [0.5, 0.6) is 0 Å². The number of aromatic amines is 1. The molecule has 4 heterocycles. The third-order valence-electron chi connectivity index (χ3n) is 7.80. The van der Waals surface area contributed by atoms with Gasteiger partial charge >= 0.3 is 5.97 Å². The molecule has 2 aromatic carbocycles. The maximum Gasteiger partial charge on any atom is 0.326 e. The Morgan fingerprint density at radius 3 is 2.56 bits per heavy atom. The maximum atomic E-state index is 13.6. The molecule has 4 aromatic rings. The molecule has 1 fully saturated rings. The smallest absolute Gasteiger partial charge is 0.326 e. The lowest BCUT2D eigenvalue weighted by Gasteiger charge is -2.29. The van der Waals surface area contributed by atoms with E-state index < -0.39 is 29.6 Å². The Morgan fingerprint density at radius 2 is 1.85 bits per heavy atom. The topological polar surface area (TPSA) is 136 Å². The number of carbonyl (C=O) groups is 3. The largest absolute Gasteiger partial charge is 0.465 e. The van der Waals surface area contributed by atoms with Crippen molar-refractivity contribution < 1.29 is 19.1 Å². The van der Waals surface area contributed by atoms with Crippen LogP contribution in [0, 0.1) is 5.92 Å². The summed E-state index contributed by atoms with van der Waals surface area (Å²) in [5.74, 6) is -1.66. The number of amides is 1. The van der Waals surface area contributed by atoms with Crippen molar-refractivity contribution in [3.8, 4) is 22.5 Å². The lowest BCUT2D eigenvalue weighted by Crippen LogP contribution is -2.37. The van der Waals surface area contributed by atoms with Gasteiger partial charge in [0.25, 0.3) is 0 Å². The first kappa shape index (κ1) is 26.5. The van der Waals surface area contributed by atoms with Gasteiger partial charge in [0, 0.05) is 31.5 Å². The standard InChI is InChI=1S/C30H31N7O4/c1-3-5-10-23-31-22-15-16-36-26(27(38)24(29(36)39)30(40)41-4-2)25(22)37(23)17-18-11-13-19(14-12-18)20-8-6-7-9-21(20)28-32-34-35-33-28/h6-9,11-14,24,26H,3-5,10,15-17H2,1-2H3,(H,32,33,34,35). The van der Waals surface area contributed by atoms with Crippen molar-refractivity contribution in [3.63, 3.8) is 0 Å². The molecule has 0 saturated carbocycles. The zero-order valence-corrected chi connectivity index (χ0v) is 23.0. The zero-order valence-electron chi connectivity index (χ0n) is 23.0. The number of hydrogen-bond donors (Lipinski definition) is 1. The third-order valence-corrected chi connectivity index (χ3v) is 7.80. The third kappa shape index (κ3) is 4.71. The molecule has 2 aliphatic rings. The normalized spacial score (nSPS) is 18.0. The highest BCUT2D eigenvalue weighted by Gasteiger charge is 2.55. The number of Topliss-reactive ketones (excluding diaryl/α,β-unsaturated/α-hetero) is 1. The molecule has 0 bridgehead atoms. The van der Waals surface area contributed by atoms with Crippen LogP contribution in [0.15, 0.2) is 48.5 Å². The van der Waals surface area contributed by atoms with Crippen LogP contribution in [0.1, 0.15) is 55.5 Å². The first-order chi connectivity index (χ1) is 20.0. The van der Waals surface area contributed by atoms with Gasteiger partial charge in [-0.05, 0) is 35.2 Å². The zero-order chi connectivity index (χ0) is 28.5. The van der Waals surface area contributed by atoms with E-state index in [1.807, 2.05) is 24.3 Å². The molecular weight excluding hydrogens is 522 g/mol. The second-order valence-corrected chi connectivity index (χ2v) is 10.3. The van der Waals surface area contributed by atoms with Gasteiger partial charge < -0.3 is 14.2 Å². The number of nitrogens with zero attached hydrogens (tertiary/aromatic N) is 6. The first-order valence-corrected chi connectivity index (χ1v) is 14.0. The predicted octanol–water partition coefficient (Wildman–Crippen LogP) is 3.31. The van der Waals surface area contributed by atoms with E-state index in [0.717, 1.165) is 58.7 Å². The van der Waals surface area contributed by atoms with Gasteiger partial charge in [-0.3, -0.25) is 14.4 Å². The highest BCUT2D eigenvalue weighted by atomic mass is 16.5. The summed E-state index contributed by atoms with van der Waals surface area (Å²) in [6.45, 7) is 4.75. The highest BCUT2D eigenvalue weighted by Crippen LogP contribution is 2.40. The number of ether oxygens (including phenoxy) is 1. The summed E-state index contributed by atoms with van der Waals surface area (Å²) >= 11 is 0. The fourth-order valence-electron chi connectivity index (χ4n) is 5.85. The predicted molar refractivity (Wildman–Crippen MR) is 148 cm³/mol. The minimum atomic E-state index is -1.41. The van der Waals surface area contributed by atoms with Crippen LogP contribution in [0.3, 0.4) is 0 Å². The number of rotatable bonds is 9. The number of tetrazole rings is 1. The summed E-state index contributed by atoms with van der Waals surface area (Å²) in [5.41, 5.74) is 5.44. The molecule has 0 radical (unpaired) electrons. The van der Waals surface area contributed by atoms with E-state index >= 15 is 0 Å². The van der Waals surface area contributed by atoms with Crippen molar-refractivity contribution in [1.82, 2.24) is 35.1 Å². The number of unbranched alkanes of at least 4 members (excludes halogenated alkanes) is 1. The van der Waals surface area contributed by atoms with Crippen LogP contribution < -0.4 is 0 Å². The van der Waals surface area contributed by atoms with E-state index in [9.17, 15) is 14.4 Å². The highest BCUT2D eigenvalue weighted by molar-refractivity contribution is 6.22. The van der Waals surface area contributed by atoms with Crippen LogP contribution in [-0.4, -0.2) is 65.9 Å². The van der Waals surface area contributed by atoms with E-state index in [4.69, 9.17) is 9.72 Å². The SMILES string of the molecule is CCCCc1nc2c(n1Cc1ccc(-c3ccccc3-c3nn[nH]n3)cc1)C1C(=O)C(C(=O)OCC)C(=O)N1CC2. The maximum absolute atomic E-state index is 13.6. The molecule has 2 atom stereocenters. The minimum absolute atomic E-state index is 0.112. The van der Waals surface area contributed by atoms with Crippen LogP contribution in [0.25, 0.3) is 22.5 Å². The van der Waals surface area contributed by atoms with Crippen LogP contribution in [0.2, 0.25) is 0 Å². The van der Waals surface area contributed by atoms with Crippen molar-refractivity contribution in [2.45, 2.75) is 52.1 Å². The van der Waals surface area contributed by atoms with E-state index in [2.05, 4.69) is 56.4 Å². The molecule has 0 spiro atoms. The van der Waals surface area contributed by atoms with E-state index in [1.54, 1.807) is 6.92 Å². The molecule has 1 saturated heterocycles. The van der Waals surface area contributed by atoms with Gasteiger partial charge in [0.1, 0.15) is 11.9 Å². The minimum Gasteiger partial charge on any atom is -0.465 e. The Balaban J connectivity index is 1.35. The average molecular weight is 554 g/mol. The summed E-state index contributed by atoms with van der Waals surface area (Å²) in [6, 6.07) is 15.3. The second-order valence-electron chi connectivity index (χ2n) is 10.3. The van der Waals surface area contributed by atoms with Crippen molar-refractivity contribution in [1.29, 1.82) is 0 Å². The summed E-state index contributed by atoms with van der Waals surface area (Å²) in [6.07, 6.45) is 3.26. The summed E-state index contributed by atoms with van der Waals surface area (Å²) in [4.78, 5) is 45.8. The molecule has 11 heteroatoms. The van der Waals surface area contributed by atoms with Gasteiger partial charge in [0.2, 0.25) is 11.7 Å². The number of hydrogen-bond acceptors (Lipinski definition) is 8. The van der Waals surface area contributed by atoms with Crippen molar-refractivity contribution in [2.24, 2.45) is 5.92 Å². The quantitative estimate of drug-likeness (QED) is 0.246. The van der Waals surface area contributed by atoms with Crippen molar-refractivity contribution >= 4 is 17.7 Å². The number of carbonyl (C=O) groups excluding carboxylic acids is 3. The van der Waals surface area contributed by atoms with Gasteiger partial charge in [0.05, 0.1) is 18.0 Å². The number of imidazole rings is 1. The number of aryl methyl sites for hydroxylation is 1. The molecule has 6 rings (SSSR count). The molecule has 2 aliphatic heterocycles. The molecule has 1 N–H and O–H groups in total. The summed E-state index contributed by atoms with van der Waals surface area (Å²) < 4.78 is 7.17. The molecule has 2 unspecified atom stereocenters.